The summed E-state index contributed by atoms with van der Waals surface area (Å²) in [7, 11) is 2.16. The van der Waals surface area contributed by atoms with E-state index in [-0.39, 0.29) is 5.91 Å². The van der Waals surface area contributed by atoms with Gasteiger partial charge in [0, 0.05) is 25.2 Å². The van der Waals surface area contributed by atoms with Crippen molar-refractivity contribution in [2.75, 3.05) is 33.2 Å². The molecular weight excluding hydrogens is 374 g/mol. The molecule has 1 fully saturated rings. The first-order chi connectivity index (χ1) is 14.7. The van der Waals surface area contributed by atoms with E-state index in [0.29, 0.717) is 23.8 Å². The lowest BCUT2D eigenvalue weighted by Gasteiger charge is -2.34. The van der Waals surface area contributed by atoms with E-state index < -0.39 is 0 Å². The number of nitrogens with zero attached hydrogens (tertiary/aromatic N) is 3. The molecule has 1 atom stereocenters. The van der Waals surface area contributed by atoms with E-state index in [1.54, 1.807) is 6.20 Å². The molecule has 30 heavy (non-hydrogen) atoms. The zero-order chi connectivity index (χ0) is 20.8. The number of piperidine rings is 1. The highest BCUT2D eigenvalue weighted by molar-refractivity contribution is 5.99. The quantitative estimate of drug-likeness (QED) is 0.588. The molecule has 4 rings (SSSR count). The Kier molecular flexibility index (Phi) is 6.60. The van der Waals surface area contributed by atoms with Gasteiger partial charge in [0.1, 0.15) is 5.56 Å². The van der Waals surface area contributed by atoms with Crippen LogP contribution in [0.2, 0.25) is 0 Å². The Bertz CT molecular complexity index is 939. The number of aromatic nitrogens is 1. The van der Waals surface area contributed by atoms with Gasteiger partial charge in [-0.25, -0.2) is 0 Å². The number of likely N-dealkylation sites (tertiary alicyclic amines) is 1. The van der Waals surface area contributed by atoms with Crippen molar-refractivity contribution in [3.63, 3.8) is 0 Å². The van der Waals surface area contributed by atoms with Crippen LogP contribution in [0.15, 0.2) is 71.4 Å². The first kappa shape index (κ1) is 20.4. The van der Waals surface area contributed by atoms with Crippen LogP contribution in [-0.2, 0) is 6.42 Å². The Labute approximate surface area is 178 Å². The van der Waals surface area contributed by atoms with Gasteiger partial charge in [-0.15, -0.1) is 0 Å². The zero-order valence-corrected chi connectivity index (χ0v) is 17.5. The van der Waals surface area contributed by atoms with E-state index in [9.17, 15) is 4.79 Å². The summed E-state index contributed by atoms with van der Waals surface area (Å²) in [6.07, 6.45) is 4.74. The van der Waals surface area contributed by atoms with E-state index >= 15 is 0 Å². The maximum atomic E-state index is 13.6. The molecule has 1 aromatic heterocycles. The molecule has 1 saturated heterocycles. The summed E-state index contributed by atoms with van der Waals surface area (Å²) in [6.45, 7) is 3.61. The summed E-state index contributed by atoms with van der Waals surface area (Å²) in [5.74, 6) is 1.04. The normalized spacial score (nSPS) is 17.0. The van der Waals surface area contributed by atoms with E-state index in [1.165, 1.54) is 12.0 Å². The van der Waals surface area contributed by atoms with Crippen molar-refractivity contribution in [3.05, 3.63) is 78.0 Å². The van der Waals surface area contributed by atoms with Crippen LogP contribution in [0, 0.1) is 5.92 Å². The predicted octanol–water partition coefficient (Wildman–Crippen LogP) is 4.37. The Balaban J connectivity index is 1.55. The van der Waals surface area contributed by atoms with Crippen LogP contribution in [-0.4, -0.2) is 54.1 Å². The van der Waals surface area contributed by atoms with Gasteiger partial charge in [0.25, 0.3) is 5.91 Å². The standard InChI is InChI=1S/C25H29N3O2/c1-27-15-8-11-21(18-27)19-28(16-14-20-9-4-2-5-10-20)25(29)23-17-26-30-24(23)22-12-6-3-7-13-22/h2-7,9-10,12-13,17,21H,8,11,14-16,18-19H2,1H3/t21-/m1/s1. The second-order valence-corrected chi connectivity index (χ2v) is 8.19. The Morgan fingerprint density at radius 3 is 2.60 bits per heavy atom. The van der Waals surface area contributed by atoms with Crippen LogP contribution in [0.3, 0.4) is 0 Å². The number of carbonyl (C=O) groups excluding carboxylic acids is 1. The average Bonchev–Trinajstić information content (AvgIpc) is 3.27. The minimum Gasteiger partial charge on any atom is -0.355 e. The van der Waals surface area contributed by atoms with Crippen molar-refractivity contribution in [2.24, 2.45) is 5.92 Å². The third-order valence-corrected chi connectivity index (χ3v) is 5.84. The smallest absolute Gasteiger partial charge is 0.259 e. The second kappa shape index (κ2) is 9.72. The van der Waals surface area contributed by atoms with Crippen LogP contribution in [0.25, 0.3) is 11.3 Å². The molecule has 0 saturated carbocycles. The fourth-order valence-electron chi connectivity index (χ4n) is 4.28. The average molecular weight is 404 g/mol. The number of benzene rings is 2. The lowest BCUT2D eigenvalue weighted by atomic mass is 9.97. The van der Waals surface area contributed by atoms with Crippen molar-refractivity contribution in [1.29, 1.82) is 0 Å². The van der Waals surface area contributed by atoms with E-state index in [4.69, 9.17) is 4.52 Å². The fourth-order valence-corrected chi connectivity index (χ4v) is 4.28. The van der Waals surface area contributed by atoms with Gasteiger partial charge in [-0.05, 0) is 44.3 Å². The van der Waals surface area contributed by atoms with Gasteiger partial charge in [-0.1, -0.05) is 65.8 Å². The molecule has 2 aromatic carbocycles. The molecule has 1 aliphatic heterocycles. The van der Waals surface area contributed by atoms with Crippen LogP contribution in [0.1, 0.15) is 28.8 Å². The highest BCUT2D eigenvalue weighted by Crippen LogP contribution is 2.26. The van der Waals surface area contributed by atoms with Crippen LogP contribution < -0.4 is 0 Å². The molecule has 5 heteroatoms. The molecule has 156 valence electrons. The minimum atomic E-state index is -0.000685. The van der Waals surface area contributed by atoms with E-state index in [0.717, 1.165) is 38.0 Å². The molecule has 0 aliphatic carbocycles. The maximum absolute atomic E-state index is 13.6. The molecule has 1 aliphatic rings. The third-order valence-electron chi connectivity index (χ3n) is 5.84. The summed E-state index contributed by atoms with van der Waals surface area (Å²) in [5.41, 5.74) is 2.65. The lowest BCUT2D eigenvalue weighted by Crippen LogP contribution is -2.42. The Morgan fingerprint density at radius 1 is 1.13 bits per heavy atom. The number of carbonyl (C=O) groups is 1. The van der Waals surface area contributed by atoms with E-state index in [2.05, 4.69) is 29.2 Å². The molecule has 3 aromatic rings. The summed E-state index contributed by atoms with van der Waals surface area (Å²) >= 11 is 0. The molecule has 0 N–H and O–H groups in total. The summed E-state index contributed by atoms with van der Waals surface area (Å²) < 4.78 is 5.49. The minimum absolute atomic E-state index is 0.000685. The molecule has 0 unspecified atom stereocenters. The van der Waals surface area contributed by atoms with Crippen molar-refractivity contribution in [2.45, 2.75) is 19.3 Å². The monoisotopic (exact) mass is 403 g/mol. The summed E-state index contributed by atoms with van der Waals surface area (Å²) in [4.78, 5) is 17.9. The molecule has 5 nitrogen and oxygen atoms in total. The molecule has 2 heterocycles. The number of rotatable bonds is 7. The third kappa shape index (κ3) is 4.97. The van der Waals surface area contributed by atoms with Crippen LogP contribution >= 0.6 is 0 Å². The van der Waals surface area contributed by atoms with Gasteiger partial charge >= 0.3 is 0 Å². The van der Waals surface area contributed by atoms with Crippen molar-refractivity contribution >= 4 is 5.91 Å². The Morgan fingerprint density at radius 2 is 1.87 bits per heavy atom. The van der Waals surface area contributed by atoms with Gasteiger partial charge in [0.2, 0.25) is 0 Å². The molecule has 0 bridgehead atoms. The van der Waals surface area contributed by atoms with Gasteiger partial charge in [-0.2, -0.15) is 0 Å². The van der Waals surface area contributed by atoms with Gasteiger partial charge in [0.15, 0.2) is 5.76 Å². The first-order valence-electron chi connectivity index (χ1n) is 10.7. The largest absolute Gasteiger partial charge is 0.355 e. The van der Waals surface area contributed by atoms with Gasteiger partial charge in [-0.3, -0.25) is 4.79 Å². The topological polar surface area (TPSA) is 49.6 Å². The lowest BCUT2D eigenvalue weighted by molar-refractivity contribution is 0.0693. The maximum Gasteiger partial charge on any atom is 0.259 e. The SMILES string of the molecule is CN1CCC[C@@H](CN(CCc2ccccc2)C(=O)c2cnoc2-c2ccccc2)C1. The van der Waals surface area contributed by atoms with E-state index in [1.807, 2.05) is 53.4 Å². The van der Waals surface area contributed by atoms with Crippen LogP contribution in [0.4, 0.5) is 0 Å². The van der Waals surface area contributed by atoms with Crippen molar-refractivity contribution < 1.29 is 9.32 Å². The number of hydrogen-bond donors (Lipinski definition) is 0. The fraction of sp³-hybridized carbons (Fsp3) is 0.360. The number of amides is 1. The zero-order valence-electron chi connectivity index (χ0n) is 17.5. The first-order valence-corrected chi connectivity index (χ1v) is 10.7. The summed E-state index contributed by atoms with van der Waals surface area (Å²) in [6, 6.07) is 20.1. The molecule has 0 spiro atoms. The van der Waals surface area contributed by atoms with Crippen LogP contribution in [0.5, 0.6) is 0 Å². The highest BCUT2D eigenvalue weighted by Gasteiger charge is 2.27. The van der Waals surface area contributed by atoms with Gasteiger partial charge in [0.05, 0.1) is 6.20 Å². The predicted molar refractivity (Wildman–Crippen MR) is 118 cm³/mol. The summed E-state index contributed by atoms with van der Waals surface area (Å²) in [5, 5.41) is 3.95. The molecule has 0 radical (unpaired) electrons. The highest BCUT2D eigenvalue weighted by atomic mass is 16.5. The van der Waals surface area contributed by atoms with Gasteiger partial charge < -0.3 is 14.3 Å². The Hall–Kier alpha value is -2.92. The number of hydrogen-bond acceptors (Lipinski definition) is 4. The molecule has 1 amide bonds. The second-order valence-electron chi connectivity index (χ2n) is 8.19. The molecular formula is C25H29N3O2. The van der Waals surface area contributed by atoms with Crippen molar-refractivity contribution in [3.8, 4) is 11.3 Å². The van der Waals surface area contributed by atoms with Crippen molar-refractivity contribution in [1.82, 2.24) is 15.0 Å².